The zero-order valence-electron chi connectivity index (χ0n) is 15.9. The van der Waals surface area contributed by atoms with Gasteiger partial charge in [0.25, 0.3) is 0 Å². The zero-order chi connectivity index (χ0) is 21.0. The summed E-state index contributed by atoms with van der Waals surface area (Å²) in [6.45, 7) is 3.77. The van der Waals surface area contributed by atoms with Gasteiger partial charge in [-0.25, -0.2) is 4.68 Å². The number of hydrogen-bond acceptors (Lipinski definition) is 4. The number of hydrogen-bond donors (Lipinski definition) is 2. The molecule has 0 spiro atoms. The van der Waals surface area contributed by atoms with Crippen molar-refractivity contribution >= 4 is 46.4 Å². The number of halogens is 2. The molecule has 0 radical (unpaired) electrons. The van der Waals surface area contributed by atoms with Gasteiger partial charge in [0.15, 0.2) is 0 Å². The van der Waals surface area contributed by atoms with Crippen molar-refractivity contribution in [1.82, 2.24) is 15.0 Å². The molecule has 2 amide bonds. The van der Waals surface area contributed by atoms with Gasteiger partial charge in [-0.3, -0.25) is 9.59 Å². The van der Waals surface area contributed by atoms with Crippen molar-refractivity contribution in [1.29, 1.82) is 0 Å². The number of aromatic nitrogens is 3. The molecule has 150 valence electrons. The summed E-state index contributed by atoms with van der Waals surface area (Å²) in [5.41, 5.74) is 3.62. The molecule has 0 saturated heterocycles. The highest BCUT2D eigenvalue weighted by Crippen LogP contribution is 2.23. The number of carbonyl (C=O) groups is 2. The molecular formula is C20H19Cl2N5O2. The highest BCUT2D eigenvalue weighted by atomic mass is 35.5. The Morgan fingerprint density at radius 1 is 1.00 bits per heavy atom. The molecule has 0 aliphatic heterocycles. The first kappa shape index (κ1) is 20.8. The number of nitrogens with zero attached hydrogens (tertiary/aromatic N) is 3. The summed E-state index contributed by atoms with van der Waals surface area (Å²) in [6, 6.07) is 12.3. The third kappa shape index (κ3) is 5.56. The molecule has 0 fully saturated rings. The molecule has 0 aliphatic carbocycles. The zero-order valence-corrected chi connectivity index (χ0v) is 17.4. The van der Waals surface area contributed by atoms with Crippen LogP contribution in [0.1, 0.15) is 23.9 Å². The van der Waals surface area contributed by atoms with Crippen LogP contribution in [0.3, 0.4) is 0 Å². The van der Waals surface area contributed by atoms with E-state index < -0.39 is 0 Å². The lowest BCUT2D eigenvalue weighted by Crippen LogP contribution is -2.15. The number of nitrogens with one attached hydrogen (secondary N) is 2. The van der Waals surface area contributed by atoms with Gasteiger partial charge >= 0.3 is 0 Å². The fourth-order valence-corrected chi connectivity index (χ4v) is 3.04. The second kappa shape index (κ2) is 9.07. The normalized spacial score (nSPS) is 10.6. The number of rotatable bonds is 6. The smallest absolute Gasteiger partial charge is 0.230 e. The van der Waals surface area contributed by atoms with Crippen LogP contribution in [-0.4, -0.2) is 26.8 Å². The Bertz CT molecular complexity index is 1050. The summed E-state index contributed by atoms with van der Waals surface area (Å²) in [5, 5.41) is 14.7. The molecule has 29 heavy (non-hydrogen) atoms. The lowest BCUT2D eigenvalue weighted by Gasteiger charge is -2.07. The van der Waals surface area contributed by atoms with Crippen molar-refractivity contribution in [3.05, 3.63) is 69.5 Å². The van der Waals surface area contributed by atoms with E-state index in [9.17, 15) is 9.59 Å². The minimum Gasteiger partial charge on any atom is -0.326 e. The fourth-order valence-electron chi connectivity index (χ4n) is 2.72. The van der Waals surface area contributed by atoms with Crippen LogP contribution in [-0.2, 0) is 22.6 Å². The van der Waals surface area contributed by atoms with Gasteiger partial charge in [-0.1, -0.05) is 34.5 Å². The van der Waals surface area contributed by atoms with Crippen molar-refractivity contribution in [2.45, 2.75) is 26.8 Å². The molecule has 9 heteroatoms. The Balaban J connectivity index is 1.62. The van der Waals surface area contributed by atoms with Gasteiger partial charge < -0.3 is 10.6 Å². The summed E-state index contributed by atoms with van der Waals surface area (Å²) in [5.74, 6) is -0.358. The van der Waals surface area contributed by atoms with E-state index in [1.807, 2.05) is 13.0 Å². The van der Waals surface area contributed by atoms with Crippen LogP contribution in [0.2, 0.25) is 10.0 Å². The van der Waals surface area contributed by atoms with Crippen molar-refractivity contribution in [3.8, 4) is 0 Å². The topological polar surface area (TPSA) is 88.9 Å². The van der Waals surface area contributed by atoms with Crippen molar-refractivity contribution in [2.75, 3.05) is 10.6 Å². The van der Waals surface area contributed by atoms with Crippen molar-refractivity contribution in [2.24, 2.45) is 0 Å². The summed E-state index contributed by atoms with van der Waals surface area (Å²) in [7, 11) is 0. The van der Waals surface area contributed by atoms with E-state index in [-0.39, 0.29) is 18.2 Å². The summed E-state index contributed by atoms with van der Waals surface area (Å²) in [6.07, 6.45) is 0.0979. The summed E-state index contributed by atoms with van der Waals surface area (Å²) >= 11 is 12.0. The second-order valence-electron chi connectivity index (χ2n) is 6.51. The lowest BCUT2D eigenvalue weighted by molar-refractivity contribution is -0.116. The molecule has 2 aromatic carbocycles. The average Bonchev–Trinajstić information content (AvgIpc) is 2.99. The fraction of sp³-hybridized carbons (Fsp3) is 0.200. The molecule has 0 saturated carbocycles. The number of anilines is 2. The Morgan fingerprint density at radius 3 is 2.28 bits per heavy atom. The Morgan fingerprint density at radius 2 is 1.66 bits per heavy atom. The maximum absolute atomic E-state index is 12.4. The Hall–Kier alpha value is -2.90. The van der Waals surface area contributed by atoms with E-state index in [0.717, 1.165) is 11.3 Å². The molecule has 7 nitrogen and oxygen atoms in total. The third-order valence-electron chi connectivity index (χ3n) is 4.21. The standard InChI is InChI=1S/C20H19Cl2N5O2/c1-12-19(25-26-27(12)11-14-3-8-17(21)18(22)9-14)10-20(29)24-16-6-4-15(5-7-16)23-13(2)28/h3-9H,10-11H2,1-2H3,(H,23,28)(H,24,29). The maximum atomic E-state index is 12.4. The molecule has 3 rings (SSSR count). The highest BCUT2D eigenvalue weighted by molar-refractivity contribution is 6.42. The van der Waals surface area contributed by atoms with Crippen LogP contribution in [0, 0.1) is 6.92 Å². The van der Waals surface area contributed by atoms with Gasteiger partial charge in [0, 0.05) is 18.3 Å². The highest BCUT2D eigenvalue weighted by Gasteiger charge is 2.14. The van der Waals surface area contributed by atoms with E-state index in [1.165, 1.54) is 6.92 Å². The van der Waals surface area contributed by atoms with E-state index >= 15 is 0 Å². The van der Waals surface area contributed by atoms with E-state index in [0.29, 0.717) is 33.7 Å². The van der Waals surface area contributed by atoms with Crippen LogP contribution < -0.4 is 10.6 Å². The molecule has 3 aromatic rings. The lowest BCUT2D eigenvalue weighted by atomic mass is 10.2. The first-order valence-corrected chi connectivity index (χ1v) is 9.58. The SMILES string of the molecule is CC(=O)Nc1ccc(NC(=O)Cc2nnn(Cc3ccc(Cl)c(Cl)c3)c2C)cc1. The Kier molecular flexibility index (Phi) is 6.51. The molecule has 1 aromatic heterocycles. The van der Waals surface area contributed by atoms with Crippen LogP contribution in [0.5, 0.6) is 0 Å². The minimum absolute atomic E-state index is 0.0979. The van der Waals surface area contributed by atoms with Gasteiger partial charge in [-0.05, 0) is 48.9 Å². The van der Waals surface area contributed by atoms with Gasteiger partial charge in [0.05, 0.1) is 34.4 Å². The molecule has 2 N–H and O–H groups in total. The number of amides is 2. The van der Waals surface area contributed by atoms with Crippen LogP contribution in [0.15, 0.2) is 42.5 Å². The number of carbonyl (C=O) groups excluding carboxylic acids is 2. The average molecular weight is 432 g/mol. The van der Waals surface area contributed by atoms with Crippen LogP contribution in [0.25, 0.3) is 0 Å². The van der Waals surface area contributed by atoms with Crippen molar-refractivity contribution < 1.29 is 9.59 Å². The van der Waals surface area contributed by atoms with Crippen LogP contribution in [0.4, 0.5) is 11.4 Å². The maximum Gasteiger partial charge on any atom is 0.230 e. The summed E-state index contributed by atoms with van der Waals surface area (Å²) in [4.78, 5) is 23.4. The predicted octanol–water partition coefficient (Wildman–Crippen LogP) is 4.08. The largest absolute Gasteiger partial charge is 0.326 e. The van der Waals surface area contributed by atoms with Gasteiger partial charge in [-0.2, -0.15) is 0 Å². The number of benzene rings is 2. The van der Waals surface area contributed by atoms with Gasteiger partial charge in [-0.15, -0.1) is 5.10 Å². The molecule has 1 heterocycles. The van der Waals surface area contributed by atoms with Gasteiger partial charge in [0.1, 0.15) is 0 Å². The molecule has 0 unspecified atom stereocenters. The minimum atomic E-state index is -0.207. The van der Waals surface area contributed by atoms with E-state index in [4.69, 9.17) is 23.2 Å². The van der Waals surface area contributed by atoms with E-state index in [1.54, 1.807) is 41.1 Å². The van der Waals surface area contributed by atoms with E-state index in [2.05, 4.69) is 20.9 Å². The van der Waals surface area contributed by atoms with Crippen molar-refractivity contribution in [3.63, 3.8) is 0 Å². The summed E-state index contributed by atoms with van der Waals surface area (Å²) < 4.78 is 1.71. The monoisotopic (exact) mass is 431 g/mol. The predicted molar refractivity (Wildman–Crippen MR) is 113 cm³/mol. The van der Waals surface area contributed by atoms with Gasteiger partial charge in [0.2, 0.25) is 11.8 Å². The first-order valence-electron chi connectivity index (χ1n) is 8.82. The molecule has 0 atom stereocenters. The quantitative estimate of drug-likeness (QED) is 0.615. The second-order valence-corrected chi connectivity index (χ2v) is 7.33. The first-order chi connectivity index (χ1) is 13.8. The third-order valence-corrected chi connectivity index (χ3v) is 4.95. The molecule has 0 aliphatic rings. The Labute approximate surface area is 178 Å². The molecular weight excluding hydrogens is 413 g/mol. The molecule has 0 bridgehead atoms. The van der Waals surface area contributed by atoms with Crippen LogP contribution >= 0.6 is 23.2 Å².